The average Bonchev–Trinajstić information content (AvgIpc) is 2.34. The first-order valence-electron chi connectivity index (χ1n) is 5.77. The molecule has 0 unspecified atom stereocenters. The number of nitrogens with two attached hydrogens (primary N) is 1. The molecule has 1 amide bonds. The topological polar surface area (TPSA) is 64.3 Å². The van der Waals surface area contributed by atoms with Crippen LogP contribution in [0.15, 0.2) is 18.2 Å². The minimum Gasteiger partial charge on any atom is -0.496 e. The van der Waals surface area contributed by atoms with Crippen molar-refractivity contribution in [1.82, 2.24) is 5.32 Å². The Morgan fingerprint density at radius 3 is 2.82 bits per heavy atom. The first-order valence-corrected chi connectivity index (χ1v) is 5.77. The summed E-state index contributed by atoms with van der Waals surface area (Å²) in [4.78, 5) is 11.4. The predicted octanol–water partition coefficient (Wildman–Crippen LogP) is 1.01. The van der Waals surface area contributed by atoms with E-state index in [1.54, 1.807) is 7.11 Å². The van der Waals surface area contributed by atoms with Crippen LogP contribution >= 0.6 is 0 Å². The lowest BCUT2D eigenvalue weighted by Gasteiger charge is -2.07. The smallest absolute Gasteiger partial charge is 0.220 e. The van der Waals surface area contributed by atoms with Crippen molar-refractivity contribution in [1.29, 1.82) is 0 Å². The number of carbonyl (C=O) groups is 1. The van der Waals surface area contributed by atoms with Crippen molar-refractivity contribution in [3.63, 3.8) is 0 Å². The summed E-state index contributed by atoms with van der Waals surface area (Å²) < 4.78 is 5.19. The van der Waals surface area contributed by atoms with Gasteiger partial charge in [-0.25, -0.2) is 0 Å². The van der Waals surface area contributed by atoms with E-state index < -0.39 is 0 Å². The molecule has 0 aliphatic heterocycles. The second-order valence-electron chi connectivity index (χ2n) is 3.94. The van der Waals surface area contributed by atoms with Crippen molar-refractivity contribution in [3.8, 4) is 5.75 Å². The molecule has 94 valence electrons. The number of hydrogen-bond acceptors (Lipinski definition) is 3. The maximum absolute atomic E-state index is 11.4. The molecular weight excluding hydrogens is 216 g/mol. The number of methoxy groups -OCH3 is 1. The zero-order chi connectivity index (χ0) is 12.7. The minimum absolute atomic E-state index is 0.0453. The fourth-order valence-electron chi connectivity index (χ4n) is 1.65. The summed E-state index contributed by atoms with van der Waals surface area (Å²) >= 11 is 0. The molecule has 0 heterocycles. The number of carbonyl (C=O) groups excluding carboxylic acids is 1. The summed E-state index contributed by atoms with van der Waals surface area (Å²) in [6.07, 6.45) is 1.23. The largest absolute Gasteiger partial charge is 0.496 e. The molecule has 17 heavy (non-hydrogen) atoms. The normalized spacial score (nSPS) is 10.1. The van der Waals surface area contributed by atoms with Crippen LogP contribution in [0.3, 0.4) is 0 Å². The number of ether oxygens (including phenoxy) is 1. The lowest BCUT2D eigenvalue weighted by Crippen LogP contribution is -2.29. The molecule has 0 saturated carbocycles. The van der Waals surface area contributed by atoms with Gasteiger partial charge >= 0.3 is 0 Å². The molecular formula is C13H20N2O2. The fraction of sp³-hybridized carbons (Fsp3) is 0.462. The highest BCUT2D eigenvalue weighted by Crippen LogP contribution is 2.19. The molecule has 1 aromatic rings. The van der Waals surface area contributed by atoms with Crippen molar-refractivity contribution in [3.05, 3.63) is 29.3 Å². The molecule has 0 saturated heterocycles. The number of amides is 1. The van der Waals surface area contributed by atoms with Gasteiger partial charge in [0.05, 0.1) is 7.11 Å². The van der Waals surface area contributed by atoms with Crippen LogP contribution in [0.2, 0.25) is 0 Å². The first kappa shape index (κ1) is 13.5. The number of aryl methyl sites for hydroxylation is 2. The Labute approximate surface area is 102 Å². The zero-order valence-corrected chi connectivity index (χ0v) is 10.5. The van der Waals surface area contributed by atoms with Gasteiger partial charge in [-0.05, 0) is 30.5 Å². The highest BCUT2D eigenvalue weighted by Gasteiger charge is 2.03. The minimum atomic E-state index is 0.0453. The van der Waals surface area contributed by atoms with E-state index in [-0.39, 0.29) is 5.91 Å². The van der Waals surface area contributed by atoms with Crippen LogP contribution in [0.4, 0.5) is 0 Å². The Balaban J connectivity index is 2.47. The molecule has 0 aliphatic rings. The van der Waals surface area contributed by atoms with E-state index >= 15 is 0 Å². The number of rotatable bonds is 6. The Bertz CT molecular complexity index is 378. The Hall–Kier alpha value is -1.55. The Kier molecular flexibility index (Phi) is 5.49. The van der Waals surface area contributed by atoms with E-state index in [0.29, 0.717) is 19.5 Å². The van der Waals surface area contributed by atoms with Gasteiger partial charge in [0.1, 0.15) is 5.75 Å². The third-order valence-corrected chi connectivity index (χ3v) is 2.57. The molecule has 0 spiro atoms. The maximum Gasteiger partial charge on any atom is 0.220 e. The van der Waals surface area contributed by atoms with Crippen LogP contribution in [-0.2, 0) is 11.2 Å². The Morgan fingerprint density at radius 1 is 1.47 bits per heavy atom. The monoisotopic (exact) mass is 236 g/mol. The summed E-state index contributed by atoms with van der Waals surface area (Å²) in [5.74, 6) is 0.922. The second-order valence-corrected chi connectivity index (χ2v) is 3.94. The van der Waals surface area contributed by atoms with Gasteiger partial charge in [0.2, 0.25) is 5.91 Å². The third kappa shape index (κ3) is 4.44. The van der Waals surface area contributed by atoms with Crippen molar-refractivity contribution < 1.29 is 9.53 Å². The van der Waals surface area contributed by atoms with E-state index in [9.17, 15) is 4.79 Å². The summed E-state index contributed by atoms with van der Waals surface area (Å²) in [6, 6.07) is 5.97. The SMILES string of the molecule is COc1ccc(CCC(=O)NCCN)cc1C. The fourth-order valence-corrected chi connectivity index (χ4v) is 1.65. The van der Waals surface area contributed by atoms with Crippen LogP contribution in [0, 0.1) is 6.92 Å². The van der Waals surface area contributed by atoms with Crippen LogP contribution in [0.5, 0.6) is 5.75 Å². The number of benzene rings is 1. The summed E-state index contributed by atoms with van der Waals surface area (Å²) in [5.41, 5.74) is 7.54. The summed E-state index contributed by atoms with van der Waals surface area (Å²) in [5, 5.41) is 2.75. The van der Waals surface area contributed by atoms with Crippen molar-refractivity contribution in [2.24, 2.45) is 5.73 Å². The van der Waals surface area contributed by atoms with Crippen LogP contribution < -0.4 is 15.8 Å². The molecule has 0 bridgehead atoms. The predicted molar refractivity (Wildman–Crippen MR) is 68.1 cm³/mol. The molecule has 0 aliphatic carbocycles. The lowest BCUT2D eigenvalue weighted by atomic mass is 10.1. The van der Waals surface area contributed by atoms with Crippen molar-refractivity contribution in [2.75, 3.05) is 20.2 Å². The summed E-state index contributed by atoms with van der Waals surface area (Å²) in [7, 11) is 1.66. The maximum atomic E-state index is 11.4. The van der Waals surface area contributed by atoms with Gasteiger partial charge in [0, 0.05) is 19.5 Å². The molecule has 3 N–H and O–H groups in total. The molecule has 4 nitrogen and oxygen atoms in total. The van der Waals surface area contributed by atoms with E-state index in [1.165, 1.54) is 0 Å². The number of nitrogens with one attached hydrogen (secondary N) is 1. The van der Waals surface area contributed by atoms with E-state index in [1.807, 2.05) is 19.1 Å². The average molecular weight is 236 g/mol. The van der Waals surface area contributed by atoms with Crippen molar-refractivity contribution >= 4 is 5.91 Å². The molecule has 0 atom stereocenters. The summed E-state index contributed by atoms with van der Waals surface area (Å²) in [6.45, 7) is 3.02. The van der Waals surface area contributed by atoms with Gasteiger partial charge in [0.25, 0.3) is 0 Å². The zero-order valence-electron chi connectivity index (χ0n) is 10.5. The van der Waals surface area contributed by atoms with E-state index in [0.717, 1.165) is 23.3 Å². The van der Waals surface area contributed by atoms with Gasteiger partial charge in [0.15, 0.2) is 0 Å². The first-order chi connectivity index (χ1) is 8.17. The van der Waals surface area contributed by atoms with Crippen LogP contribution in [0.1, 0.15) is 17.5 Å². The standard InChI is InChI=1S/C13H20N2O2/c1-10-9-11(3-5-12(10)17-2)4-6-13(16)15-8-7-14/h3,5,9H,4,6-8,14H2,1-2H3,(H,15,16). The Morgan fingerprint density at radius 2 is 2.24 bits per heavy atom. The van der Waals surface area contributed by atoms with Crippen LogP contribution in [0.25, 0.3) is 0 Å². The van der Waals surface area contributed by atoms with Gasteiger partial charge in [-0.1, -0.05) is 12.1 Å². The van der Waals surface area contributed by atoms with E-state index in [4.69, 9.17) is 10.5 Å². The molecule has 4 heteroatoms. The van der Waals surface area contributed by atoms with Gasteiger partial charge in [-0.3, -0.25) is 4.79 Å². The molecule has 0 fully saturated rings. The van der Waals surface area contributed by atoms with E-state index in [2.05, 4.69) is 11.4 Å². The quantitative estimate of drug-likeness (QED) is 0.775. The third-order valence-electron chi connectivity index (χ3n) is 2.57. The molecule has 1 aromatic carbocycles. The molecule has 0 aromatic heterocycles. The molecule has 1 rings (SSSR count). The second kappa shape index (κ2) is 6.91. The highest BCUT2D eigenvalue weighted by molar-refractivity contribution is 5.76. The van der Waals surface area contributed by atoms with Crippen molar-refractivity contribution in [2.45, 2.75) is 19.8 Å². The van der Waals surface area contributed by atoms with Crippen LogP contribution in [-0.4, -0.2) is 26.1 Å². The number of hydrogen-bond donors (Lipinski definition) is 2. The van der Waals surface area contributed by atoms with Gasteiger partial charge < -0.3 is 15.8 Å². The lowest BCUT2D eigenvalue weighted by molar-refractivity contribution is -0.120. The van der Waals surface area contributed by atoms with Gasteiger partial charge in [-0.2, -0.15) is 0 Å². The van der Waals surface area contributed by atoms with Gasteiger partial charge in [-0.15, -0.1) is 0 Å². The highest BCUT2D eigenvalue weighted by atomic mass is 16.5. The molecule has 0 radical (unpaired) electrons.